The molecule has 1 aliphatic rings. The summed E-state index contributed by atoms with van der Waals surface area (Å²) in [5, 5.41) is 19.4. The fraction of sp³-hybridized carbons (Fsp3) is 0.190. The fourth-order valence-corrected chi connectivity index (χ4v) is 7.85. The van der Waals surface area contributed by atoms with E-state index in [0.717, 1.165) is 5.56 Å². The van der Waals surface area contributed by atoms with E-state index >= 15 is 0 Å². The Kier molecular flexibility index (Phi) is 5.75. The molecule has 3 aromatic rings. The van der Waals surface area contributed by atoms with E-state index in [0.29, 0.717) is 11.1 Å². The molecule has 162 valence electrons. The maximum absolute atomic E-state index is 13.1. The first-order chi connectivity index (χ1) is 14.6. The first-order valence-corrected chi connectivity index (χ1v) is 13.1. The molecule has 4 rings (SSSR count). The summed E-state index contributed by atoms with van der Waals surface area (Å²) in [6.45, 7) is 1.19. The molecule has 31 heavy (non-hydrogen) atoms. The molecule has 1 aliphatic heterocycles. The normalized spacial score (nSPS) is 30.8. The maximum Gasteiger partial charge on any atom is 0.407 e. The minimum atomic E-state index is -4.83. The molecule has 1 saturated heterocycles. The number of rotatable bonds is 4. The van der Waals surface area contributed by atoms with Gasteiger partial charge in [0.2, 0.25) is 6.29 Å². The average molecular weight is 462 g/mol. The SMILES string of the molecule is C[P+]1(O)OC(c2cccc(-c3ccccc3)c2O)OP(=O)(O)C1(O)Cc1cccnc1. The van der Waals surface area contributed by atoms with Crippen LogP contribution in [0.3, 0.4) is 0 Å². The number of benzene rings is 2. The van der Waals surface area contributed by atoms with E-state index in [9.17, 15) is 24.6 Å². The van der Waals surface area contributed by atoms with Gasteiger partial charge in [-0.2, -0.15) is 4.52 Å². The third-order valence-corrected chi connectivity index (χ3v) is 10.7. The summed E-state index contributed by atoms with van der Waals surface area (Å²) in [6.07, 6.45) is 1.00. The molecule has 1 fully saturated rings. The predicted octanol–water partition coefficient (Wildman–Crippen LogP) is 4.04. The number of pyridine rings is 1. The zero-order valence-corrected chi connectivity index (χ0v) is 18.4. The lowest BCUT2D eigenvalue weighted by molar-refractivity contribution is -0.0527. The summed E-state index contributed by atoms with van der Waals surface area (Å²) in [5.41, 5.74) is 1.69. The van der Waals surface area contributed by atoms with E-state index < -0.39 is 33.1 Å². The number of aromatic nitrogens is 1. The van der Waals surface area contributed by atoms with Crippen molar-refractivity contribution in [2.75, 3.05) is 6.66 Å². The molecule has 10 heteroatoms. The Labute approximate surface area is 179 Å². The smallest absolute Gasteiger partial charge is 0.407 e. The second-order valence-corrected chi connectivity index (χ2v) is 12.4. The number of hydrogen-bond acceptors (Lipinski definition) is 7. The van der Waals surface area contributed by atoms with Crippen LogP contribution in [0.2, 0.25) is 0 Å². The lowest BCUT2D eigenvalue weighted by Crippen LogP contribution is -2.40. The Hall–Kier alpha value is -2.15. The molecule has 2 heterocycles. The van der Waals surface area contributed by atoms with Crippen molar-refractivity contribution in [2.24, 2.45) is 0 Å². The molecule has 0 amide bonds. The molecule has 2 aromatic carbocycles. The van der Waals surface area contributed by atoms with Crippen molar-refractivity contribution in [3.63, 3.8) is 0 Å². The first kappa shape index (κ1) is 22.1. The van der Waals surface area contributed by atoms with Gasteiger partial charge in [0.25, 0.3) is 0 Å². The highest BCUT2D eigenvalue weighted by Crippen LogP contribution is 2.83. The van der Waals surface area contributed by atoms with Crippen LogP contribution in [0.15, 0.2) is 73.1 Å². The van der Waals surface area contributed by atoms with E-state index in [1.165, 1.54) is 25.1 Å². The van der Waals surface area contributed by atoms with Crippen LogP contribution in [0.5, 0.6) is 5.75 Å². The Morgan fingerprint density at radius 2 is 1.87 bits per heavy atom. The van der Waals surface area contributed by atoms with Crippen LogP contribution >= 0.6 is 15.3 Å². The van der Waals surface area contributed by atoms with Crippen LogP contribution in [0.4, 0.5) is 0 Å². The van der Waals surface area contributed by atoms with Crippen LogP contribution in [0.25, 0.3) is 11.1 Å². The third-order valence-electron chi connectivity index (χ3n) is 5.23. The van der Waals surface area contributed by atoms with Crippen molar-refractivity contribution in [1.29, 1.82) is 0 Å². The van der Waals surface area contributed by atoms with E-state index in [-0.39, 0.29) is 11.3 Å². The lowest BCUT2D eigenvalue weighted by atomic mass is 10.0. The van der Waals surface area contributed by atoms with E-state index in [2.05, 4.69) is 4.98 Å². The molecule has 1 aromatic heterocycles. The summed E-state index contributed by atoms with van der Waals surface area (Å²) >= 11 is 0. The maximum atomic E-state index is 13.1. The fourth-order valence-electron chi connectivity index (χ4n) is 3.48. The number of nitrogens with zero attached hydrogens (tertiary/aromatic N) is 1. The first-order valence-electron chi connectivity index (χ1n) is 9.42. The summed E-state index contributed by atoms with van der Waals surface area (Å²) in [5.74, 6) is -0.212. The van der Waals surface area contributed by atoms with Gasteiger partial charge < -0.3 is 15.1 Å². The summed E-state index contributed by atoms with van der Waals surface area (Å²) in [6, 6.07) is 17.1. The number of aliphatic hydroxyl groups is 1. The quantitative estimate of drug-likeness (QED) is 0.428. The van der Waals surface area contributed by atoms with Crippen molar-refractivity contribution >= 4 is 15.3 Å². The Morgan fingerprint density at radius 3 is 2.52 bits per heavy atom. The van der Waals surface area contributed by atoms with Gasteiger partial charge >= 0.3 is 20.4 Å². The largest absolute Gasteiger partial charge is 0.507 e. The van der Waals surface area contributed by atoms with Crippen molar-refractivity contribution in [2.45, 2.75) is 17.8 Å². The van der Waals surface area contributed by atoms with Crippen molar-refractivity contribution in [3.8, 4) is 16.9 Å². The highest BCUT2D eigenvalue weighted by atomic mass is 31.3. The lowest BCUT2D eigenvalue weighted by Gasteiger charge is -2.41. The van der Waals surface area contributed by atoms with Gasteiger partial charge in [-0.15, -0.1) is 0 Å². The number of phenolic OH excluding ortho intramolecular Hbond substituents is 1. The molecule has 0 aliphatic carbocycles. The average Bonchev–Trinajstić information content (AvgIpc) is 2.73. The van der Waals surface area contributed by atoms with E-state index in [4.69, 9.17) is 9.05 Å². The van der Waals surface area contributed by atoms with Crippen LogP contribution < -0.4 is 0 Å². The van der Waals surface area contributed by atoms with E-state index in [1.54, 1.807) is 36.4 Å². The number of phenols is 1. The summed E-state index contributed by atoms with van der Waals surface area (Å²) < 4.78 is 24.0. The molecule has 0 saturated carbocycles. The van der Waals surface area contributed by atoms with Gasteiger partial charge in [0.1, 0.15) is 12.4 Å². The second kappa shape index (κ2) is 8.08. The molecule has 4 unspecified atom stereocenters. The molecule has 4 atom stereocenters. The van der Waals surface area contributed by atoms with Gasteiger partial charge in [-0.1, -0.05) is 54.6 Å². The molecule has 0 radical (unpaired) electrons. The van der Waals surface area contributed by atoms with Crippen LogP contribution in [-0.4, -0.2) is 36.7 Å². The van der Waals surface area contributed by atoms with Gasteiger partial charge in [0.05, 0.1) is 12.0 Å². The van der Waals surface area contributed by atoms with Crippen molar-refractivity contribution < 1.29 is 33.6 Å². The van der Waals surface area contributed by atoms with Gasteiger partial charge in [0.15, 0.2) is 0 Å². The molecular formula is C21H22NO7P2+. The van der Waals surface area contributed by atoms with E-state index in [1.807, 2.05) is 18.2 Å². The molecule has 0 bridgehead atoms. The van der Waals surface area contributed by atoms with Crippen molar-refractivity contribution in [1.82, 2.24) is 4.98 Å². The Bertz CT molecular complexity index is 1130. The topological polar surface area (TPSA) is 129 Å². The number of hydrogen-bond donors (Lipinski definition) is 4. The zero-order valence-electron chi connectivity index (χ0n) is 16.6. The highest BCUT2D eigenvalue weighted by molar-refractivity contribution is 7.79. The minimum absolute atomic E-state index is 0.0688. The van der Waals surface area contributed by atoms with Crippen molar-refractivity contribution in [3.05, 3.63) is 84.2 Å². The Morgan fingerprint density at radius 1 is 1.13 bits per heavy atom. The predicted molar refractivity (Wildman–Crippen MR) is 116 cm³/mol. The van der Waals surface area contributed by atoms with Crippen LogP contribution in [0, 0.1) is 0 Å². The number of aromatic hydroxyl groups is 1. The van der Waals surface area contributed by atoms with Crippen LogP contribution in [0.1, 0.15) is 17.4 Å². The highest BCUT2D eigenvalue weighted by Gasteiger charge is 2.74. The monoisotopic (exact) mass is 462 g/mol. The third kappa shape index (κ3) is 3.93. The van der Waals surface area contributed by atoms with Crippen LogP contribution in [-0.2, 0) is 20.0 Å². The molecule has 4 N–H and O–H groups in total. The second-order valence-electron chi connectivity index (χ2n) is 7.36. The molecule has 0 spiro atoms. The zero-order chi connectivity index (χ0) is 22.3. The minimum Gasteiger partial charge on any atom is -0.507 e. The van der Waals surface area contributed by atoms with Gasteiger partial charge in [-0.25, -0.2) is 4.89 Å². The summed E-state index contributed by atoms with van der Waals surface area (Å²) in [4.78, 5) is 25.6. The van der Waals surface area contributed by atoms with Gasteiger partial charge in [-0.05, 0) is 17.2 Å². The molecular weight excluding hydrogens is 440 g/mol. The summed E-state index contributed by atoms with van der Waals surface area (Å²) in [7, 11) is -8.73. The van der Waals surface area contributed by atoms with Gasteiger partial charge in [-0.3, -0.25) is 14.1 Å². The Balaban J connectivity index is 1.71. The number of para-hydroxylation sites is 1. The van der Waals surface area contributed by atoms with Gasteiger partial charge in [0, 0.05) is 18.0 Å². The standard InChI is InChI=1S/C21H21NO7P2/c1-30(25)21(24,13-15-7-6-12-22-14-15)31(26,27)29-20(28-30)18-11-5-10-17(19(18)23)16-8-3-2-4-9-16/h2-12,14,20,24-25H,13H2,1H3,(H-,23,26,27)/p+1. The molecule has 8 nitrogen and oxygen atoms in total.